The van der Waals surface area contributed by atoms with E-state index in [4.69, 9.17) is 20.8 Å². The van der Waals surface area contributed by atoms with E-state index in [1.165, 1.54) is 11.8 Å². The van der Waals surface area contributed by atoms with Gasteiger partial charge in [0.05, 0.1) is 12.4 Å². The van der Waals surface area contributed by atoms with Crippen LogP contribution in [0, 0.1) is 6.92 Å². The van der Waals surface area contributed by atoms with Gasteiger partial charge >= 0.3 is 0 Å². The number of aromatic nitrogens is 2. The Morgan fingerprint density at radius 2 is 1.96 bits per heavy atom. The van der Waals surface area contributed by atoms with Gasteiger partial charge in [0, 0.05) is 16.3 Å². The predicted molar refractivity (Wildman–Crippen MR) is 106 cm³/mol. The van der Waals surface area contributed by atoms with E-state index in [1.807, 2.05) is 37.3 Å². The van der Waals surface area contributed by atoms with Crippen molar-refractivity contribution < 1.29 is 13.9 Å². The molecule has 1 atom stereocenters. The van der Waals surface area contributed by atoms with Gasteiger partial charge in [-0.3, -0.25) is 4.79 Å². The molecular weight excluding hydrogens is 386 g/mol. The molecule has 6 nitrogen and oxygen atoms in total. The molecule has 0 bridgehead atoms. The van der Waals surface area contributed by atoms with Crippen molar-refractivity contribution >= 4 is 35.0 Å². The lowest BCUT2D eigenvalue weighted by molar-refractivity contribution is -0.115. The van der Waals surface area contributed by atoms with Crippen LogP contribution in [0.15, 0.2) is 52.1 Å². The molecule has 0 fully saturated rings. The van der Waals surface area contributed by atoms with Crippen molar-refractivity contribution in [3.63, 3.8) is 0 Å². The second-order valence-corrected chi connectivity index (χ2v) is 7.46. The molecule has 0 saturated heterocycles. The van der Waals surface area contributed by atoms with Gasteiger partial charge in [0.15, 0.2) is 0 Å². The maximum Gasteiger partial charge on any atom is 0.277 e. The molecule has 2 aromatic carbocycles. The molecule has 140 valence electrons. The second kappa shape index (κ2) is 8.45. The third-order valence-corrected chi connectivity index (χ3v) is 5.26. The van der Waals surface area contributed by atoms with Crippen LogP contribution in [-0.2, 0) is 4.79 Å². The summed E-state index contributed by atoms with van der Waals surface area (Å²) in [4.78, 5) is 12.4. The predicted octanol–water partition coefficient (Wildman–Crippen LogP) is 4.83. The van der Waals surface area contributed by atoms with Crippen molar-refractivity contribution in [2.45, 2.75) is 24.3 Å². The fourth-order valence-electron chi connectivity index (χ4n) is 2.29. The third kappa shape index (κ3) is 4.61. The minimum absolute atomic E-state index is 0.172. The number of amides is 1. The summed E-state index contributed by atoms with van der Waals surface area (Å²) in [7, 11) is 1.60. The fraction of sp³-hybridized carbons (Fsp3) is 0.211. The summed E-state index contributed by atoms with van der Waals surface area (Å²) in [5, 5.41) is 11.4. The highest BCUT2D eigenvalue weighted by molar-refractivity contribution is 8.00. The Labute approximate surface area is 166 Å². The molecule has 0 aliphatic heterocycles. The summed E-state index contributed by atoms with van der Waals surface area (Å²) >= 11 is 7.28. The number of methoxy groups -OCH3 is 1. The first-order chi connectivity index (χ1) is 13.0. The summed E-state index contributed by atoms with van der Waals surface area (Å²) in [6.07, 6.45) is 0. The van der Waals surface area contributed by atoms with Gasteiger partial charge < -0.3 is 14.5 Å². The number of hydrogen-bond donors (Lipinski definition) is 1. The Morgan fingerprint density at radius 3 is 2.67 bits per heavy atom. The number of nitrogens with one attached hydrogen (secondary N) is 1. The van der Waals surface area contributed by atoms with E-state index in [-0.39, 0.29) is 5.91 Å². The maximum atomic E-state index is 12.4. The van der Waals surface area contributed by atoms with Gasteiger partial charge in [-0.2, -0.15) is 0 Å². The number of rotatable bonds is 6. The van der Waals surface area contributed by atoms with Gasteiger partial charge in [0.25, 0.3) is 5.22 Å². The highest BCUT2D eigenvalue weighted by atomic mass is 35.5. The summed E-state index contributed by atoms with van der Waals surface area (Å²) in [6.45, 7) is 3.63. The molecule has 0 aliphatic carbocycles. The number of carbonyl (C=O) groups is 1. The van der Waals surface area contributed by atoms with Crippen LogP contribution in [-0.4, -0.2) is 28.5 Å². The summed E-state index contributed by atoms with van der Waals surface area (Å²) in [5.41, 5.74) is 2.29. The van der Waals surface area contributed by atoms with Crippen LogP contribution in [0.3, 0.4) is 0 Å². The number of carbonyl (C=O) groups excluding carboxylic acids is 1. The fourth-order valence-corrected chi connectivity index (χ4v) is 3.15. The largest absolute Gasteiger partial charge is 0.497 e. The quantitative estimate of drug-likeness (QED) is 0.594. The number of benzene rings is 2. The zero-order chi connectivity index (χ0) is 19.4. The molecule has 8 heteroatoms. The van der Waals surface area contributed by atoms with Crippen LogP contribution in [0.1, 0.15) is 12.5 Å². The third-order valence-electron chi connectivity index (χ3n) is 3.92. The number of halogens is 1. The Hall–Kier alpha value is -2.51. The minimum atomic E-state index is -0.424. The highest BCUT2D eigenvalue weighted by Gasteiger charge is 2.19. The van der Waals surface area contributed by atoms with Gasteiger partial charge in [0.2, 0.25) is 11.8 Å². The van der Waals surface area contributed by atoms with E-state index in [2.05, 4.69) is 15.5 Å². The zero-order valence-electron chi connectivity index (χ0n) is 15.0. The first kappa shape index (κ1) is 19.3. The Balaban J connectivity index is 1.65. The minimum Gasteiger partial charge on any atom is -0.497 e. The van der Waals surface area contributed by atoms with Gasteiger partial charge in [-0.1, -0.05) is 29.4 Å². The number of hydrogen-bond acceptors (Lipinski definition) is 6. The molecule has 0 saturated carbocycles. The molecule has 0 aliphatic rings. The molecule has 3 rings (SSSR count). The molecule has 27 heavy (non-hydrogen) atoms. The van der Waals surface area contributed by atoms with Crippen molar-refractivity contribution in [3.8, 4) is 17.2 Å². The average molecular weight is 404 g/mol. The van der Waals surface area contributed by atoms with Crippen molar-refractivity contribution in [3.05, 3.63) is 53.1 Å². The van der Waals surface area contributed by atoms with Crippen LogP contribution in [0.2, 0.25) is 5.02 Å². The van der Waals surface area contributed by atoms with Crippen LogP contribution in [0.5, 0.6) is 5.75 Å². The Kier molecular flexibility index (Phi) is 6.03. The van der Waals surface area contributed by atoms with Crippen LogP contribution in [0.4, 0.5) is 5.69 Å². The number of ether oxygens (including phenoxy) is 1. The summed E-state index contributed by atoms with van der Waals surface area (Å²) in [5.74, 6) is 0.961. The maximum absolute atomic E-state index is 12.4. The van der Waals surface area contributed by atoms with E-state index >= 15 is 0 Å². The Bertz CT molecular complexity index is 944. The normalized spacial score (nSPS) is 11.9. The van der Waals surface area contributed by atoms with Gasteiger partial charge in [-0.05, 0) is 55.8 Å². The van der Waals surface area contributed by atoms with E-state index in [1.54, 1.807) is 26.2 Å². The SMILES string of the molecule is COc1ccc(-c2nnc(S[C@H](C)C(=O)Nc3cccc(Cl)c3C)o2)cc1. The summed E-state index contributed by atoms with van der Waals surface area (Å²) < 4.78 is 10.8. The van der Waals surface area contributed by atoms with Gasteiger partial charge in [-0.15, -0.1) is 10.2 Å². The number of thioether (sulfide) groups is 1. The van der Waals surface area contributed by atoms with E-state index in [0.29, 0.717) is 21.8 Å². The van der Waals surface area contributed by atoms with Crippen molar-refractivity contribution in [1.82, 2.24) is 10.2 Å². The number of anilines is 1. The van der Waals surface area contributed by atoms with Crippen LogP contribution < -0.4 is 10.1 Å². The lowest BCUT2D eigenvalue weighted by Crippen LogP contribution is -2.22. The first-order valence-electron chi connectivity index (χ1n) is 8.18. The smallest absolute Gasteiger partial charge is 0.277 e. The molecular formula is C19H18ClN3O3S. The second-order valence-electron chi connectivity index (χ2n) is 5.76. The molecule has 0 spiro atoms. The molecule has 0 unspecified atom stereocenters. The molecule has 1 amide bonds. The molecule has 1 aromatic heterocycles. The first-order valence-corrected chi connectivity index (χ1v) is 9.44. The van der Waals surface area contributed by atoms with E-state index < -0.39 is 5.25 Å². The van der Waals surface area contributed by atoms with Crippen molar-refractivity contribution in [1.29, 1.82) is 0 Å². The number of nitrogens with zero attached hydrogens (tertiary/aromatic N) is 2. The topological polar surface area (TPSA) is 77.2 Å². The molecule has 3 aromatic rings. The Morgan fingerprint density at radius 1 is 1.22 bits per heavy atom. The highest BCUT2D eigenvalue weighted by Crippen LogP contribution is 2.28. The molecule has 0 radical (unpaired) electrons. The van der Waals surface area contributed by atoms with Crippen LogP contribution in [0.25, 0.3) is 11.5 Å². The van der Waals surface area contributed by atoms with Crippen molar-refractivity contribution in [2.24, 2.45) is 0 Å². The van der Waals surface area contributed by atoms with E-state index in [0.717, 1.165) is 16.9 Å². The van der Waals surface area contributed by atoms with Gasteiger partial charge in [-0.25, -0.2) is 0 Å². The summed E-state index contributed by atoms with van der Waals surface area (Å²) in [6, 6.07) is 12.7. The molecule has 1 heterocycles. The lowest BCUT2D eigenvalue weighted by atomic mass is 10.2. The lowest BCUT2D eigenvalue weighted by Gasteiger charge is -2.12. The van der Waals surface area contributed by atoms with Crippen LogP contribution >= 0.6 is 23.4 Å². The van der Waals surface area contributed by atoms with Gasteiger partial charge in [0.1, 0.15) is 5.75 Å². The van der Waals surface area contributed by atoms with Crippen molar-refractivity contribution in [2.75, 3.05) is 12.4 Å². The van der Waals surface area contributed by atoms with E-state index in [9.17, 15) is 4.79 Å². The zero-order valence-corrected chi connectivity index (χ0v) is 16.6. The molecule has 1 N–H and O–H groups in total. The average Bonchev–Trinajstić information content (AvgIpc) is 3.14. The standard InChI is InChI=1S/C19H18ClN3O3S/c1-11-15(20)5-4-6-16(11)21-17(24)12(2)27-19-23-22-18(26-19)13-7-9-14(25-3)10-8-13/h4-10,12H,1-3H3,(H,21,24)/t12-/m1/s1. The monoisotopic (exact) mass is 403 g/mol.